The van der Waals surface area contributed by atoms with Gasteiger partial charge in [0.25, 0.3) is 0 Å². The van der Waals surface area contributed by atoms with Crippen molar-refractivity contribution in [2.24, 2.45) is 10.2 Å². The zero-order chi connectivity index (χ0) is 18.4. The van der Waals surface area contributed by atoms with Crippen LogP contribution >= 0.6 is 23.5 Å². The molecule has 2 aromatic carbocycles. The maximum absolute atomic E-state index is 11.2. The third-order valence-corrected chi connectivity index (χ3v) is 5.38. The first kappa shape index (κ1) is 18.3. The quantitative estimate of drug-likeness (QED) is 0.607. The zero-order valence-corrected chi connectivity index (χ0v) is 15.9. The topological polar surface area (TPSA) is 72.3 Å². The molecule has 1 amide bonds. The second-order valence-corrected chi connectivity index (χ2v) is 7.22. The maximum atomic E-state index is 11.2. The van der Waals surface area contributed by atoms with Crippen molar-refractivity contribution in [2.45, 2.75) is 9.79 Å². The summed E-state index contributed by atoms with van der Waals surface area (Å²) in [5.41, 5.74) is 0.936. The minimum absolute atomic E-state index is 0.0478. The van der Waals surface area contributed by atoms with Crippen LogP contribution in [-0.2, 0) is 4.79 Å². The van der Waals surface area contributed by atoms with Crippen molar-refractivity contribution in [3.8, 4) is 11.5 Å². The molecule has 1 heterocycles. The summed E-state index contributed by atoms with van der Waals surface area (Å²) in [6.07, 6.45) is 1.68. The average molecular weight is 387 g/mol. The normalized spacial score (nSPS) is 15.5. The summed E-state index contributed by atoms with van der Waals surface area (Å²) in [5.74, 6) is 1.72. The van der Waals surface area contributed by atoms with Gasteiger partial charge in [-0.1, -0.05) is 41.7 Å². The predicted molar refractivity (Wildman–Crippen MR) is 106 cm³/mol. The Morgan fingerprint density at radius 3 is 2.69 bits per heavy atom. The van der Waals surface area contributed by atoms with Gasteiger partial charge >= 0.3 is 0 Å². The van der Waals surface area contributed by atoms with E-state index in [9.17, 15) is 4.79 Å². The Balaban J connectivity index is 1.78. The maximum Gasteiger partial charge on any atom is 0.236 e. The van der Waals surface area contributed by atoms with E-state index in [-0.39, 0.29) is 5.91 Å². The van der Waals surface area contributed by atoms with Gasteiger partial charge in [-0.25, -0.2) is 0 Å². The molecule has 1 fully saturated rings. The number of nitrogens with zero attached hydrogens (tertiary/aromatic N) is 2. The molecule has 0 unspecified atom stereocenters. The molecular formula is C18H17N3O3S2. The number of carbonyl (C=O) groups excluding carboxylic acids is 1. The molecule has 3 rings (SSSR count). The van der Waals surface area contributed by atoms with Gasteiger partial charge in [-0.05, 0) is 24.3 Å². The summed E-state index contributed by atoms with van der Waals surface area (Å²) >= 11 is 2.94. The highest BCUT2D eigenvalue weighted by molar-refractivity contribution is 8.15. The number of thioether (sulfide) groups is 1. The monoisotopic (exact) mass is 387 g/mol. The van der Waals surface area contributed by atoms with E-state index in [2.05, 4.69) is 15.5 Å². The first-order valence-electron chi connectivity index (χ1n) is 7.72. The van der Waals surface area contributed by atoms with Crippen LogP contribution in [0.4, 0.5) is 0 Å². The molecule has 8 heteroatoms. The second kappa shape index (κ2) is 8.77. The van der Waals surface area contributed by atoms with Crippen molar-refractivity contribution in [2.75, 3.05) is 20.0 Å². The van der Waals surface area contributed by atoms with E-state index in [4.69, 9.17) is 9.47 Å². The summed E-state index contributed by atoms with van der Waals surface area (Å²) in [6, 6.07) is 13.7. The van der Waals surface area contributed by atoms with E-state index in [1.54, 1.807) is 32.2 Å². The lowest BCUT2D eigenvalue weighted by atomic mass is 10.2. The molecule has 0 aromatic heterocycles. The van der Waals surface area contributed by atoms with Crippen LogP contribution in [0.15, 0.2) is 62.5 Å². The fraction of sp³-hybridized carbons (Fsp3) is 0.167. The first-order valence-corrected chi connectivity index (χ1v) is 9.52. The molecule has 0 bridgehead atoms. The molecule has 0 saturated carbocycles. The van der Waals surface area contributed by atoms with Gasteiger partial charge in [0, 0.05) is 15.4 Å². The number of methoxy groups -OCH3 is 2. The van der Waals surface area contributed by atoms with Gasteiger partial charge in [-0.3, -0.25) is 4.79 Å². The van der Waals surface area contributed by atoms with Crippen molar-refractivity contribution >= 4 is 40.8 Å². The highest BCUT2D eigenvalue weighted by atomic mass is 32.2. The SMILES string of the molecule is COc1ccc(Sc2ccccc2C=NN=C2NC(=O)CS2)cc1OC. The standard InChI is InChI=1S/C18H17N3O3S2/c1-23-14-8-7-13(9-15(14)24-2)26-16-6-4-3-5-12(16)10-19-21-18-20-17(22)11-25-18/h3-10H,11H2,1-2H3,(H,20,21,22). The van der Waals surface area contributed by atoms with Crippen LogP contribution in [-0.4, -0.2) is 37.3 Å². The van der Waals surface area contributed by atoms with Crippen LogP contribution in [0.2, 0.25) is 0 Å². The lowest BCUT2D eigenvalue weighted by molar-refractivity contribution is -0.116. The Kier molecular flexibility index (Phi) is 6.19. The van der Waals surface area contributed by atoms with Gasteiger partial charge < -0.3 is 14.8 Å². The van der Waals surface area contributed by atoms with E-state index in [1.807, 2.05) is 42.5 Å². The molecule has 26 heavy (non-hydrogen) atoms. The lowest BCUT2D eigenvalue weighted by Gasteiger charge is -2.10. The Bertz CT molecular complexity index is 869. The number of hydrogen-bond donors (Lipinski definition) is 1. The zero-order valence-electron chi connectivity index (χ0n) is 14.3. The molecule has 0 aliphatic carbocycles. The van der Waals surface area contributed by atoms with Gasteiger partial charge in [0.2, 0.25) is 5.91 Å². The molecule has 0 spiro atoms. The molecular weight excluding hydrogens is 370 g/mol. The van der Waals surface area contributed by atoms with Crippen molar-refractivity contribution in [1.29, 1.82) is 0 Å². The first-order chi connectivity index (χ1) is 12.7. The Morgan fingerprint density at radius 1 is 1.15 bits per heavy atom. The summed E-state index contributed by atoms with van der Waals surface area (Å²) in [6.45, 7) is 0. The minimum atomic E-state index is -0.0478. The van der Waals surface area contributed by atoms with Crippen LogP contribution in [0.3, 0.4) is 0 Å². The Hall–Kier alpha value is -2.45. The van der Waals surface area contributed by atoms with E-state index >= 15 is 0 Å². The van der Waals surface area contributed by atoms with E-state index < -0.39 is 0 Å². The molecule has 0 radical (unpaired) electrons. The van der Waals surface area contributed by atoms with Crippen LogP contribution < -0.4 is 14.8 Å². The van der Waals surface area contributed by atoms with Crippen molar-refractivity contribution in [1.82, 2.24) is 5.32 Å². The fourth-order valence-corrected chi connectivity index (χ4v) is 3.78. The molecule has 6 nitrogen and oxygen atoms in total. The summed E-state index contributed by atoms with van der Waals surface area (Å²) in [4.78, 5) is 13.2. The van der Waals surface area contributed by atoms with E-state index in [0.29, 0.717) is 22.4 Å². The average Bonchev–Trinajstić information content (AvgIpc) is 3.08. The second-order valence-electron chi connectivity index (χ2n) is 5.14. The van der Waals surface area contributed by atoms with Crippen molar-refractivity contribution in [3.63, 3.8) is 0 Å². The molecule has 1 N–H and O–H groups in total. The van der Waals surface area contributed by atoms with Crippen molar-refractivity contribution < 1.29 is 14.3 Å². The van der Waals surface area contributed by atoms with Crippen LogP contribution in [0.5, 0.6) is 11.5 Å². The van der Waals surface area contributed by atoms with Crippen LogP contribution in [0.25, 0.3) is 0 Å². The number of hydrogen-bond acceptors (Lipinski definition) is 7. The smallest absolute Gasteiger partial charge is 0.236 e. The lowest BCUT2D eigenvalue weighted by Crippen LogP contribution is -2.19. The number of amidine groups is 1. The predicted octanol–water partition coefficient (Wildman–Crippen LogP) is 3.41. The van der Waals surface area contributed by atoms with Gasteiger partial charge in [0.15, 0.2) is 16.7 Å². The number of ether oxygens (including phenoxy) is 2. The van der Waals surface area contributed by atoms with Gasteiger partial charge in [-0.2, -0.15) is 5.10 Å². The minimum Gasteiger partial charge on any atom is -0.493 e. The van der Waals surface area contributed by atoms with Gasteiger partial charge in [-0.15, -0.1) is 5.10 Å². The Morgan fingerprint density at radius 2 is 1.96 bits per heavy atom. The van der Waals surface area contributed by atoms with Crippen molar-refractivity contribution in [3.05, 3.63) is 48.0 Å². The summed E-state index contributed by atoms with van der Waals surface area (Å²) in [7, 11) is 3.23. The highest BCUT2D eigenvalue weighted by Gasteiger charge is 2.16. The fourth-order valence-electron chi connectivity index (χ4n) is 2.21. The van der Waals surface area contributed by atoms with E-state index in [1.165, 1.54) is 11.8 Å². The number of amides is 1. The largest absolute Gasteiger partial charge is 0.493 e. The number of nitrogens with one attached hydrogen (secondary N) is 1. The van der Waals surface area contributed by atoms with E-state index in [0.717, 1.165) is 15.4 Å². The molecule has 1 aliphatic heterocycles. The van der Waals surface area contributed by atoms with Crippen LogP contribution in [0.1, 0.15) is 5.56 Å². The third kappa shape index (κ3) is 4.59. The van der Waals surface area contributed by atoms with Crippen LogP contribution in [0, 0.1) is 0 Å². The molecule has 1 saturated heterocycles. The molecule has 1 aliphatic rings. The third-order valence-electron chi connectivity index (χ3n) is 3.43. The Labute approximate surface area is 160 Å². The molecule has 2 aromatic rings. The molecule has 0 atom stereocenters. The summed E-state index contributed by atoms with van der Waals surface area (Å²) < 4.78 is 10.6. The van der Waals surface area contributed by atoms with Gasteiger partial charge in [0.05, 0.1) is 26.2 Å². The highest BCUT2D eigenvalue weighted by Crippen LogP contribution is 2.36. The molecule has 134 valence electrons. The number of carbonyl (C=O) groups is 1. The number of benzene rings is 2. The van der Waals surface area contributed by atoms with Gasteiger partial charge in [0.1, 0.15) is 0 Å². The summed E-state index contributed by atoms with van der Waals surface area (Å²) in [5, 5.41) is 11.3. The number of rotatable bonds is 6.